The first-order chi connectivity index (χ1) is 13.4. The smallest absolute Gasteiger partial charge is 0.403 e. The third-order valence-electron chi connectivity index (χ3n) is 7.07. The minimum atomic E-state index is -0.211. The van der Waals surface area contributed by atoms with Crippen molar-refractivity contribution in [3.05, 3.63) is 30.3 Å². The van der Waals surface area contributed by atoms with E-state index in [1.54, 1.807) is 0 Å². The van der Waals surface area contributed by atoms with E-state index in [-0.39, 0.29) is 18.3 Å². The Morgan fingerprint density at radius 3 is 2.21 bits per heavy atom. The van der Waals surface area contributed by atoms with Gasteiger partial charge in [0.25, 0.3) is 0 Å². The number of rotatable bonds is 9. The summed E-state index contributed by atoms with van der Waals surface area (Å²) in [6, 6.07) is 10.8. The number of hydrogen-bond acceptors (Lipinski definition) is 3. The second-order valence-electron chi connectivity index (χ2n) is 9.70. The molecule has 1 unspecified atom stereocenters. The molecular formula is C24H39BO2S. The van der Waals surface area contributed by atoms with Crippen LogP contribution >= 0.6 is 11.8 Å². The molecule has 1 saturated heterocycles. The summed E-state index contributed by atoms with van der Waals surface area (Å²) in [4.78, 5) is 1.39. The quantitative estimate of drug-likeness (QED) is 0.244. The summed E-state index contributed by atoms with van der Waals surface area (Å²) in [5.74, 6) is 2.56. The molecule has 0 aromatic heterocycles. The fraction of sp³-hybridized carbons (Fsp3) is 0.750. The summed E-state index contributed by atoms with van der Waals surface area (Å²) >= 11 is 1.98. The minimum absolute atomic E-state index is 0.0215. The normalized spacial score (nSPS) is 23.1. The van der Waals surface area contributed by atoms with Crippen LogP contribution in [0.3, 0.4) is 0 Å². The predicted molar refractivity (Wildman–Crippen MR) is 122 cm³/mol. The van der Waals surface area contributed by atoms with Crippen molar-refractivity contribution in [3.8, 4) is 0 Å². The van der Waals surface area contributed by atoms with Crippen molar-refractivity contribution >= 4 is 18.9 Å². The number of thioether (sulfide) groups is 1. The second kappa shape index (κ2) is 10.0. The fourth-order valence-electron chi connectivity index (χ4n) is 4.59. The molecule has 0 amide bonds. The maximum absolute atomic E-state index is 6.49. The molecule has 2 aliphatic rings. The zero-order valence-electron chi connectivity index (χ0n) is 18.4. The first-order valence-electron chi connectivity index (χ1n) is 11.4. The van der Waals surface area contributed by atoms with E-state index in [1.807, 2.05) is 11.8 Å². The lowest BCUT2D eigenvalue weighted by Gasteiger charge is -2.32. The van der Waals surface area contributed by atoms with E-state index in [9.17, 15) is 0 Å². The highest BCUT2D eigenvalue weighted by Gasteiger charge is 2.54. The Hall–Kier alpha value is -0.445. The van der Waals surface area contributed by atoms with Crippen molar-refractivity contribution in [2.24, 2.45) is 5.92 Å². The molecule has 2 fully saturated rings. The number of benzene rings is 1. The third kappa shape index (κ3) is 5.80. The Morgan fingerprint density at radius 2 is 1.57 bits per heavy atom. The Balaban J connectivity index is 1.47. The first-order valence-corrected chi connectivity index (χ1v) is 12.4. The van der Waals surface area contributed by atoms with Gasteiger partial charge in [0.05, 0.1) is 11.2 Å². The molecule has 28 heavy (non-hydrogen) atoms. The Kier molecular flexibility index (Phi) is 7.98. The standard InChI is InChI=1S/C24H39BO2S/c1-23(2)24(3,4)27-25(26-23)22(20-14-8-5-9-15-20)18-12-7-13-19-28-21-16-10-6-11-17-21/h6,10-11,16-17,20,22H,5,7-9,12-15,18-19H2,1-4H3. The van der Waals surface area contributed by atoms with E-state index < -0.39 is 0 Å². The zero-order valence-corrected chi connectivity index (χ0v) is 19.2. The molecule has 0 radical (unpaired) electrons. The van der Waals surface area contributed by atoms with Crippen LogP contribution in [0.2, 0.25) is 5.82 Å². The lowest BCUT2D eigenvalue weighted by atomic mass is 9.59. The zero-order chi connectivity index (χ0) is 20.0. The van der Waals surface area contributed by atoms with Crippen molar-refractivity contribution in [2.45, 2.75) is 107 Å². The van der Waals surface area contributed by atoms with Crippen LogP contribution < -0.4 is 0 Å². The highest BCUT2D eigenvalue weighted by Crippen LogP contribution is 2.46. The summed E-state index contributed by atoms with van der Waals surface area (Å²) in [6.45, 7) is 8.74. The van der Waals surface area contributed by atoms with Gasteiger partial charge in [-0.1, -0.05) is 69.6 Å². The molecule has 0 N–H and O–H groups in total. The molecule has 156 valence electrons. The minimum Gasteiger partial charge on any atom is -0.403 e. The molecule has 1 aliphatic heterocycles. The van der Waals surface area contributed by atoms with Crippen LogP contribution in [0.25, 0.3) is 0 Å². The summed E-state index contributed by atoms with van der Waals surface area (Å²) in [7, 11) is -0.0215. The average molecular weight is 402 g/mol. The van der Waals surface area contributed by atoms with Gasteiger partial charge in [0.1, 0.15) is 0 Å². The Bertz CT molecular complexity index is 568. The largest absolute Gasteiger partial charge is 0.461 e. The molecule has 4 heteroatoms. The van der Waals surface area contributed by atoms with E-state index in [0.29, 0.717) is 5.82 Å². The van der Waals surface area contributed by atoms with E-state index in [4.69, 9.17) is 9.31 Å². The molecule has 1 atom stereocenters. The Labute approximate surface area is 177 Å². The van der Waals surface area contributed by atoms with Gasteiger partial charge in [0.15, 0.2) is 0 Å². The van der Waals surface area contributed by atoms with Gasteiger partial charge < -0.3 is 9.31 Å². The average Bonchev–Trinajstić information content (AvgIpc) is 2.89. The predicted octanol–water partition coefficient (Wildman–Crippen LogP) is 7.38. The van der Waals surface area contributed by atoms with Gasteiger partial charge in [-0.25, -0.2) is 0 Å². The molecule has 1 aromatic rings. The summed E-state index contributed by atoms with van der Waals surface area (Å²) in [5.41, 5.74) is -0.423. The summed E-state index contributed by atoms with van der Waals surface area (Å²) in [5, 5.41) is 0. The fourth-order valence-corrected chi connectivity index (χ4v) is 5.52. The van der Waals surface area contributed by atoms with Gasteiger partial charge in [-0.05, 0) is 63.7 Å². The van der Waals surface area contributed by atoms with E-state index in [0.717, 1.165) is 5.92 Å². The molecule has 3 rings (SSSR count). The van der Waals surface area contributed by atoms with Gasteiger partial charge in [0, 0.05) is 4.90 Å². The molecular weight excluding hydrogens is 363 g/mol. The number of hydrogen-bond donors (Lipinski definition) is 0. The SMILES string of the molecule is CC1(C)OB(C(CCCCCSc2ccccc2)C2CCCCC2)OC1(C)C. The highest BCUT2D eigenvalue weighted by atomic mass is 32.2. The second-order valence-corrected chi connectivity index (χ2v) is 10.9. The van der Waals surface area contributed by atoms with Gasteiger partial charge in [-0.2, -0.15) is 0 Å². The molecule has 1 aliphatic carbocycles. The molecule has 2 nitrogen and oxygen atoms in total. The van der Waals surface area contributed by atoms with Gasteiger partial charge in [-0.15, -0.1) is 11.8 Å². The van der Waals surface area contributed by atoms with Crippen LogP contribution in [0, 0.1) is 5.92 Å². The van der Waals surface area contributed by atoms with E-state index in [1.165, 1.54) is 68.4 Å². The van der Waals surface area contributed by atoms with Crippen LogP contribution in [0.1, 0.15) is 85.5 Å². The van der Waals surface area contributed by atoms with Gasteiger partial charge in [-0.3, -0.25) is 0 Å². The van der Waals surface area contributed by atoms with E-state index >= 15 is 0 Å². The van der Waals surface area contributed by atoms with Crippen LogP contribution in [-0.2, 0) is 9.31 Å². The molecule has 0 bridgehead atoms. The maximum atomic E-state index is 6.49. The Morgan fingerprint density at radius 1 is 0.929 bits per heavy atom. The molecule has 1 aromatic carbocycles. The van der Waals surface area contributed by atoms with E-state index in [2.05, 4.69) is 58.0 Å². The molecule has 1 heterocycles. The van der Waals surface area contributed by atoms with Crippen molar-refractivity contribution < 1.29 is 9.31 Å². The first kappa shape index (κ1) is 22.2. The number of unbranched alkanes of at least 4 members (excludes halogenated alkanes) is 2. The third-order valence-corrected chi connectivity index (χ3v) is 8.17. The van der Waals surface area contributed by atoms with Crippen molar-refractivity contribution in [1.29, 1.82) is 0 Å². The van der Waals surface area contributed by atoms with Crippen molar-refractivity contribution in [3.63, 3.8) is 0 Å². The lowest BCUT2D eigenvalue weighted by Crippen LogP contribution is -2.41. The van der Waals surface area contributed by atoms with Gasteiger partial charge in [0.2, 0.25) is 0 Å². The van der Waals surface area contributed by atoms with Crippen LogP contribution in [0.4, 0.5) is 0 Å². The van der Waals surface area contributed by atoms with Crippen LogP contribution in [0.5, 0.6) is 0 Å². The van der Waals surface area contributed by atoms with Crippen LogP contribution in [-0.4, -0.2) is 24.1 Å². The highest BCUT2D eigenvalue weighted by molar-refractivity contribution is 7.99. The monoisotopic (exact) mass is 402 g/mol. The van der Waals surface area contributed by atoms with Crippen molar-refractivity contribution in [1.82, 2.24) is 0 Å². The lowest BCUT2D eigenvalue weighted by molar-refractivity contribution is 0.00578. The maximum Gasteiger partial charge on any atom is 0.461 e. The molecule has 0 spiro atoms. The van der Waals surface area contributed by atoms with Crippen LogP contribution in [0.15, 0.2) is 35.2 Å². The van der Waals surface area contributed by atoms with Crippen molar-refractivity contribution in [2.75, 3.05) is 5.75 Å². The summed E-state index contributed by atoms with van der Waals surface area (Å²) < 4.78 is 13.0. The molecule has 1 saturated carbocycles. The van der Waals surface area contributed by atoms with Gasteiger partial charge >= 0.3 is 7.12 Å². The summed E-state index contributed by atoms with van der Waals surface area (Å²) in [6.07, 6.45) is 12.0. The topological polar surface area (TPSA) is 18.5 Å².